The van der Waals surface area contributed by atoms with Gasteiger partial charge < -0.3 is 0 Å². The minimum absolute atomic E-state index is 0.969. The molecule has 4 rings (SSSR count). The maximum Gasteiger partial charge on any atom is 0.116 e. The fourth-order valence-corrected chi connectivity index (χ4v) is 3.85. The van der Waals surface area contributed by atoms with E-state index in [4.69, 9.17) is 0 Å². The molecule has 0 unspecified atom stereocenters. The van der Waals surface area contributed by atoms with Gasteiger partial charge in [-0.05, 0) is 30.7 Å². The minimum atomic E-state index is 0.969. The first kappa shape index (κ1) is 11.6. The van der Waals surface area contributed by atoms with E-state index in [0.717, 1.165) is 11.3 Å². The van der Waals surface area contributed by atoms with Crippen LogP contribution in [-0.2, 0) is 0 Å². The lowest BCUT2D eigenvalue weighted by Gasteiger charge is -2.00. The largest absolute Gasteiger partial charge is 0.245 e. The van der Waals surface area contributed by atoms with Gasteiger partial charge in [-0.3, -0.25) is 0 Å². The maximum atomic E-state index is 4.32. The van der Waals surface area contributed by atoms with Crippen molar-refractivity contribution in [3.8, 4) is 11.3 Å². The van der Waals surface area contributed by atoms with E-state index in [9.17, 15) is 0 Å². The molecule has 2 aromatic carbocycles. The quantitative estimate of drug-likeness (QED) is 0.498. The van der Waals surface area contributed by atoms with Crippen LogP contribution in [0.5, 0.6) is 0 Å². The van der Waals surface area contributed by atoms with Gasteiger partial charge in [0.2, 0.25) is 0 Å². The number of hydrogen-bond donors (Lipinski definition) is 0. The zero-order valence-electron chi connectivity index (χ0n) is 11.0. The molecule has 0 fully saturated rings. The summed E-state index contributed by atoms with van der Waals surface area (Å²) in [6.45, 7) is 2.17. The van der Waals surface area contributed by atoms with Gasteiger partial charge in [-0.15, -0.1) is 11.3 Å². The van der Waals surface area contributed by atoms with Crippen molar-refractivity contribution in [2.75, 3.05) is 0 Å². The summed E-state index contributed by atoms with van der Waals surface area (Å²) >= 11 is 1.84. The summed E-state index contributed by atoms with van der Waals surface area (Å²) in [4.78, 5) is 8.29. The Balaban J connectivity index is 2.01. The third-order valence-corrected chi connectivity index (χ3v) is 4.70. The Morgan fingerprint density at radius 3 is 2.80 bits per heavy atom. The van der Waals surface area contributed by atoms with Crippen LogP contribution in [0.2, 0.25) is 0 Å². The van der Waals surface area contributed by atoms with Crippen LogP contribution in [0.25, 0.3) is 31.4 Å². The smallest absolute Gasteiger partial charge is 0.116 e. The number of benzene rings is 2. The molecule has 0 saturated heterocycles. The van der Waals surface area contributed by atoms with Crippen molar-refractivity contribution in [2.24, 2.45) is 0 Å². The Kier molecular flexibility index (Phi) is 2.54. The normalized spacial score (nSPS) is 11.2. The van der Waals surface area contributed by atoms with Crippen molar-refractivity contribution in [1.29, 1.82) is 0 Å². The number of nitrogens with zero attached hydrogens (tertiary/aromatic N) is 2. The van der Waals surface area contributed by atoms with Crippen molar-refractivity contribution >= 4 is 31.5 Å². The highest BCUT2D eigenvalue weighted by Crippen LogP contribution is 2.37. The average Bonchev–Trinajstić information content (AvgIpc) is 2.87. The van der Waals surface area contributed by atoms with Gasteiger partial charge in [0.15, 0.2) is 0 Å². The molecule has 0 radical (unpaired) electrons. The van der Waals surface area contributed by atoms with Gasteiger partial charge in [-0.2, -0.15) is 0 Å². The zero-order chi connectivity index (χ0) is 13.5. The SMILES string of the molecule is Cc1cccc2sc3cc(-c4ccncn4)ccc3c12. The van der Waals surface area contributed by atoms with E-state index in [-0.39, 0.29) is 0 Å². The molecule has 2 heterocycles. The second-order valence-corrected chi connectivity index (χ2v) is 5.94. The van der Waals surface area contributed by atoms with E-state index in [1.54, 1.807) is 12.5 Å². The zero-order valence-corrected chi connectivity index (χ0v) is 11.8. The van der Waals surface area contributed by atoms with E-state index in [1.807, 2.05) is 17.4 Å². The van der Waals surface area contributed by atoms with Gasteiger partial charge in [0.1, 0.15) is 6.33 Å². The van der Waals surface area contributed by atoms with Crippen LogP contribution in [0.3, 0.4) is 0 Å². The monoisotopic (exact) mass is 276 g/mol. The molecule has 0 aliphatic carbocycles. The van der Waals surface area contributed by atoms with E-state index < -0.39 is 0 Å². The van der Waals surface area contributed by atoms with Gasteiger partial charge in [0.05, 0.1) is 5.69 Å². The summed E-state index contributed by atoms with van der Waals surface area (Å²) in [6, 6.07) is 15.0. The standard InChI is InChI=1S/C17H12N2S/c1-11-3-2-4-15-17(11)13-6-5-12(9-16(13)20-15)14-7-8-18-10-19-14/h2-10H,1H3. The summed E-state index contributed by atoms with van der Waals surface area (Å²) in [5, 5.41) is 2.71. The van der Waals surface area contributed by atoms with Gasteiger partial charge in [0.25, 0.3) is 0 Å². The fraction of sp³-hybridized carbons (Fsp3) is 0.0588. The van der Waals surface area contributed by atoms with Crippen LogP contribution in [0.1, 0.15) is 5.56 Å². The Hall–Kier alpha value is -2.26. The summed E-state index contributed by atoms with van der Waals surface area (Å²) in [6.07, 6.45) is 3.37. The number of thiophene rings is 1. The Morgan fingerprint density at radius 2 is 1.95 bits per heavy atom. The molecule has 0 bridgehead atoms. The van der Waals surface area contributed by atoms with E-state index in [1.165, 1.54) is 25.7 Å². The molecule has 0 atom stereocenters. The van der Waals surface area contributed by atoms with Gasteiger partial charge >= 0.3 is 0 Å². The van der Waals surface area contributed by atoms with Crippen molar-refractivity contribution < 1.29 is 0 Å². The summed E-state index contributed by atoms with van der Waals surface area (Å²) in [5.74, 6) is 0. The highest BCUT2D eigenvalue weighted by atomic mass is 32.1. The predicted molar refractivity (Wildman–Crippen MR) is 85.1 cm³/mol. The lowest BCUT2D eigenvalue weighted by atomic mass is 10.1. The second-order valence-electron chi connectivity index (χ2n) is 4.86. The molecule has 2 nitrogen and oxygen atoms in total. The molecule has 2 aromatic heterocycles. The number of aromatic nitrogens is 2. The Morgan fingerprint density at radius 1 is 1.00 bits per heavy atom. The van der Waals surface area contributed by atoms with Crippen molar-refractivity contribution in [2.45, 2.75) is 6.92 Å². The van der Waals surface area contributed by atoms with E-state index in [0.29, 0.717) is 0 Å². The second kappa shape index (κ2) is 4.39. The number of aryl methyl sites for hydroxylation is 1. The molecular formula is C17H12N2S. The molecular weight excluding hydrogens is 264 g/mol. The molecule has 0 spiro atoms. The topological polar surface area (TPSA) is 25.8 Å². The lowest BCUT2D eigenvalue weighted by Crippen LogP contribution is -1.83. The van der Waals surface area contributed by atoms with Gasteiger partial charge in [-0.1, -0.05) is 24.3 Å². The maximum absolute atomic E-state index is 4.32. The first-order chi connectivity index (χ1) is 9.83. The molecule has 4 aromatic rings. The van der Waals surface area contributed by atoms with E-state index in [2.05, 4.69) is 53.3 Å². The molecule has 0 aliphatic rings. The van der Waals surface area contributed by atoms with Crippen molar-refractivity contribution in [1.82, 2.24) is 9.97 Å². The van der Waals surface area contributed by atoms with Crippen molar-refractivity contribution in [3.63, 3.8) is 0 Å². The molecule has 96 valence electrons. The highest BCUT2D eigenvalue weighted by molar-refractivity contribution is 7.25. The average molecular weight is 276 g/mol. The first-order valence-electron chi connectivity index (χ1n) is 6.51. The lowest BCUT2D eigenvalue weighted by molar-refractivity contribution is 1.17. The predicted octanol–water partition coefficient (Wildman–Crippen LogP) is 4.82. The molecule has 0 aliphatic heterocycles. The Labute approximate surface area is 120 Å². The number of rotatable bonds is 1. The molecule has 20 heavy (non-hydrogen) atoms. The van der Waals surface area contributed by atoms with Crippen LogP contribution in [0.15, 0.2) is 55.0 Å². The fourth-order valence-electron chi connectivity index (χ4n) is 2.62. The third-order valence-electron chi connectivity index (χ3n) is 3.58. The molecule has 3 heteroatoms. The van der Waals surface area contributed by atoms with Crippen LogP contribution < -0.4 is 0 Å². The van der Waals surface area contributed by atoms with Gasteiger partial charge in [0, 0.05) is 31.9 Å². The van der Waals surface area contributed by atoms with Crippen LogP contribution in [0.4, 0.5) is 0 Å². The van der Waals surface area contributed by atoms with Crippen molar-refractivity contribution in [3.05, 3.63) is 60.6 Å². The van der Waals surface area contributed by atoms with Crippen LogP contribution in [0, 0.1) is 6.92 Å². The highest BCUT2D eigenvalue weighted by Gasteiger charge is 2.08. The number of fused-ring (bicyclic) bond motifs is 3. The molecule has 0 N–H and O–H groups in total. The first-order valence-corrected chi connectivity index (χ1v) is 7.33. The molecule has 0 amide bonds. The summed E-state index contributed by atoms with van der Waals surface area (Å²) in [7, 11) is 0. The minimum Gasteiger partial charge on any atom is -0.245 e. The number of hydrogen-bond acceptors (Lipinski definition) is 3. The van der Waals surface area contributed by atoms with Crippen LogP contribution >= 0.6 is 11.3 Å². The molecule has 0 saturated carbocycles. The van der Waals surface area contributed by atoms with Gasteiger partial charge in [-0.25, -0.2) is 9.97 Å². The summed E-state index contributed by atoms with van der Waals surface area (Å²) in [5.41, 5.74) is 3.45. The van der Waals surface area contributed by atoms with E-state index >= 15 is 0 Å². The summed E-state index contributed by atoms with van der Waals surface area (Å²) < 4.78 is 2.66. The Bertz CT molecular complexity index is 910. The third kappa shape index (κ3) is 1.71. The van der Waals surface area contributed by atoms with Crippen LogP contribution in [-0.4, -0.2) is 9.97 Å².